The van der Waals surface area contributed by atoms with Crippen LogP contribution in [0.1, 0.15) is 31.4 Å². The van der Waals surface area contributed by atoms with Crippen LogP contribution in [-0.4, -0.2) is 50.4 Å². The Morgan fingerprint density at radius 3 is 2.53 bits per heavy atom. The molecule has 0 saturated heterocycles. The summed E-state index contributed by atoms with van der Waals surface area (Å²) in [6.45, 7) is 2.30. The van der Waals surface area contributed by atoms with Crippen LogP contribution in [0.4, 0.5) is 4.79 Å². The van der Waals surface area contributed by atoms with Gasteiger partial charge in [0.15, 0.2) is 0 Å². The fraction of sp³-hybridized carbons (Fsp3) is 0.391. The first-order chi connectivity index (χ1) is 14.5. The summed E-state index contributed by atoms with van der Waals surface area (Å²) in [5.74, 6) is 0.342. The van der Waals surface area contributed by atoms with E-state index in [1.165, 1.54) is 0 Å². The van der Waals surface area contributed by atoms with E-state index in [0.717, 1.165) is 34.9 Å². The number of methoxy groups -OCH3 is 2. The highest BCUT2D eigenvalue weighted by atomic mass is 16.6. The Labute approximate surface area is 175 Å². The summed E-state index contributed by atoms with van der Waals surface area (Å²) >= 11 is 0. The number of ether oxygens (including phenoxy) is 3. The fourth-order valence-electron chi connectivity index (χ4n) is 3.89. The summed E-state index contributed by atoms with van der Waals surface area (Å²) in [7, 11) is 3.19. The third kappa shape index (κ3) is 3.85. The minimum absolute atomic E-state index is 0.150. The zero-order chi connectivity index (χ0) is 21.3. The van der Waals surface area contributed by atoms with Gasteiger partial charge in [-0.25, -0.2) is 9.59 Å². The largest absolute Gasteiger partial charge is 0.497 e. The first kappa shape index (κ1) is 20.2. The topological polar surface area (TPSA) is 77.1 Å². The molecule has 158 valence electrons. The van der Waals surface area contributed by atoms with Crippen molar-refractivity contribution in [1.82, 2.24) is 10.2 Å². The van der Waals surface area contributed by atoms with Crippen molar-refractivity contribution in [2.24, 2.45) is 0 Å². The van der Waals surface area contributed by atoms with Gasteiger partial charge in [-0.2, -0.15) is 0 Å². The zero-order valence-electron chi connectivity index (χ0n) is 17.4. The van der Waals surface area contributed by atoms with Crippen LogP contribution in [-0.2, 0) is 14.3 Å². The molecule has 2 aromatic rings. The number of benzene rings is 2. The van der Waals surface area contributed by atoms with Gasteiger partial charge in [0.25, 0.3) is 0 Å². The lowest BCUT2D eigenvalue weighted by Crippen LogP contribution is -2.49. The lowest BCUT2D eigenvalue weighted by molar-refractivity contribution is -0.140. The number of nitrogens with one attached hydrogen (secondary N) is 1. The summed E-state index contributed by atoms with van der Waals surface area (Å²) in [6.07, 6.45) is 1.89. The van der Waals surface area contributed by atoms with E-state index in [1.54, 1.807) is 19.1 Å². The van der Waals surface area contributed by atoms with E-state index in [1.807, 2.05) is 43.3 Å². The Morgan fingerprint density at radius 2 is 1.83 bits per heavy atom. The highest BCUT2D eigenvalue weighted by Gasteiger charge is 2.42. The first-order valence-corrected chi connectivity index (χ1v) is 10.1. The molecule has 7 heteroatoms. The SMILES string of the molecule is COCCOC(=O)C1=C(C)N(C2CC2)C(=O)N[C@@H]1c1ccc2cc(OC)ccc2c1. The van der Waals surface area contributed by atoms with Crippen molar-refractivity contribution < 1.29 is 23.8 Å². The molecule has 1 aliphatic heterocycles. The number of fused-ring (bicyclic) bond motifs is 1. The third-order valence-corrected chi connectivity index (χ3v) is 5.58. The maximum atomic E-state index is 13.0. The average Bonchev–Trinajstić information content (AvgIpc) is 3.57. The predicted molar refractivity (Wildman–Crippen MR) is 112 cm³/mol. The van der Waals surface area contributed by atoms with Gasteiger partial charge in [-0.15, -0.1) is 0 Å². The number of urea groups is 1. The Hall–Kier alpha value is -3.06. The standard InChI is InChI=1S/C23H26N2O5/c1-14-20(22(26)30-11-10-28-2)21(24-23(27)25(14)18-7-8-18)17-5-4-16-13-19(29-3)9-6-15(16)12-17/h4-6,9,12-13,18,21H,7-8,10-11H2,1-3H3,(H,24,27)/t21-/m1/s1. The Morgan fingerprint density at radius 1 is 1.10 bits per heavy atom. The molecule has 1 fully saturated rings. The van der Waals surface area contributed by atoms with Crippen LogP contribution in [0.15, 0.2) is 47.7 Å². The van der Waals surface area contributed by atoms with Gasteiger partial charge < -0.3 is 19.5 Å². The van der Waals surface area contributed by atoms with Gasteiger partial charge in [0.1, 0.15) is 12.4 Å². The summed E-state index contributed by atoms with van der Waals surface area (Å²) in [6, 6.07) is 11.1. The molecule has 0 spiro atoms. The fourth-order valence-corrected chi connectivity index (χ4v) is 3.89. The van der Waals surface area contributed by atoms with Gasteiger partial charge in [-0.05, 0) is 54.3 Å². The van der Waals surface area contributed by atoms with Crippen molar-refractivity contribution in [3.63, 3.8) is 0 Å². The van der Waals surface area contributed by atoms with Crippen molar-refractivity contribution >= 4 is 22.8 Å². The smallest absolute Gasteiger partial charge is 0.338 e. The van der Waals surface area contributed by atoms with E-state index in [9.17, 15) is 9.59 Å². The number of hydrogen-bond donors (Lipinski definition) is 1. The quantitative estimate of drug-likeness (QED) is 0.558. The number of allylic oxidation sites excluding steroid dienone is 1. The van der Waals surface area contributed by atoms with Crippen molar-refractivity contribution in [3.8, 4) is 5.75 Å². The molecular weight excluding hydrogens is 384 g/mol. The van der Waals surface area contributed by atoms with Gasteiger partial charge in [0, 0.05) is 18.8 Å². The second-order valence-electron chi connectivity index (χ2n) is 7.58. The first-order valence-electron chi connectivity index (χ1n) is 10.1. The molecule has 2 aromatic carbocycles. The maximum absolute atomic E-state index is 13.0. The van der Waals surface area contributed by atoms with Crippen LogP contribution in [0.25, 0.3) is 10.8 Å². The van der Waals surface area contributed by atoms with Crippen LogP contribution in [0.5, 0.6) is 5.75 Å². The number of nitrogens with zero attached hydrogens (tertiary/aromatic N) is 1. The lowest BCUT2D eigenvalue weighted by atomic mass is 9.93. The van der Waals surface area contributed by atoms with Crippen LogP contribution < -0.4 is 10.1 Å². The molecular formula is C23H26N2O5. The highest BCUT2D eigenvalue weighted by molar-refractivity contribution is 5.96. The van der Waals surface area contributed by atoms with Crippen LogP contribution >= 0.6 is 0 Å². The number of hydrogen-bond acceptors (Lipinski definition) is 5. The molecule has 2 aliphatic rings. The normalized spacial score (nSPS) is 19.1. The van der Waals surface area contributed by atoms with E-state index >= 15 is 0 Å². The molecule has 0 aromatic heterocycles. The molecule has 0 unspecified atom stereocenters. The van der Waals surface area contributed by atoms with Crippen molar-refractivity contribution in [3.05, 3.63) is 53.2 Å². The van der Waals surface area contributed by atoms with E-state index in [4.69, 9.17) is 14.2 Å². The van der Waals surface area contributed by atoms with Gasteiger partial charge in [-0.3, -0.25) is 4.90 Å². The van der Waals surface area contributed by atoms with Gasteiger partial charge >= 0.3 is 12.0 Å². The number of rotatable bonds is 7. The van der Waals surface area contributed by atoms with Gasteiger partial charge in [0.2, 0.25) is 0 Å². The number of carbonyl (C=O) groups excluding carboxylic acids is 2. The second kappa shape index (κ2) is 8.36. The predicted octanol–water partition coefficient (Wildman–Crippen LogP) is 3.54. The van der Waals surface area contributed by atoms with E-state index in [-0.39, 0.29) is 18.7 Å². The maximum Gasteiger partial charge on any atom is 0.338 e. The lowest BCUT2D eigenvalue weighted by Gasteiger charge is -2.35. The minimum Gasteiger partial charge on any atom is -0.497 e. The Bertz CT molecular complexity index is 1010. The second-order valence-corrected chi connectivity index (χ2v) is 7.58. The van der Waals surface area contributed by atoms with Crippen molar-refractivity contribution in [1.29, 1.82) is 0 Å². The highest BCUT2D eigenvalue weighted by Crippen LogP contribution is 2.38. The van der Waals surface area contributed by atoms with Crippen LogP contribution in [0.2, 0.25) is 0 Å². The van der Waals surface area contributed by atoms with Crippen molar-refractivity contribution in [2.75, 3.05) is 27.4 Å². The average molecular weight is 410 g/mol. The monoisotopic (exact) mass is 410 g/mol. The molecule has 1 N–H and O–H groups in total. The molecule has 1 atom stereocenters. The Kier molecular flexibility index (Phi) is 5.63. The molecule has 4 rings (SSSR count). The van der Waals surface area contributed by atoms with E-state index in [2.05, 4.69) is 5.32 Å². The minimum atomic E-state index is -0.575. The number of esters is 1. The summed E-state index contributed by atoms with van der Waals surface area (Å²) in [5, 5.41) is 5.03. The zero-order valence-corrected chi connectivity index (χ0v) is 17.4. The molecule has 30 heavy (non-hydrogen) atoms. The summed E-state index contributed by atoms with van der Waals surface area (Å²) in [4.78, 5) is 27.5. The molecule has 1 heterocycles. The van der Waals surface area contributed by atoms with Crippen molar-refractivity contribution in [2.45, 2.75) is 31.8 Å². The summed E-state index contributed by atoms with van der Waals surface area (Å²) in [5.41, 5.74) is 1.95. The number of amides is 2. The number of carbonyl (C=O) groups is 2. The molecule has 0 bridgehead atoms. The summed E-state index contributed by atoms with van der Waals surface area (Å²) < 4.78 is 15.7. The van der Waals surface area contributed by atoms with Crippen LogP contribution in [0.3, 0.4) is 0 Å². The third-order valence-electron chi connectivity index (χ3n) is 5.58. The van der Waals surface area contributed by atoms with E-state index in [0.29, 0.717) is 17.9 Å². The molecule has 1 saturated carbocycles. The molecule has 0 radical (unpaired) electrons. The van der Waals surface area contributed by atoms with Gasteiger partial charge in [-0.1, -0.05) is 18.2 Å². The molecule has 1 aliphatic carbocycles. The molecule has 2 amide bonds. The van der Waals surface area contributed by atoms with Crippen LogP contribution in [0, 0.1) is 0 Å². The Balaban J connectivity index is 1.73. The van der Waals surface area contributed by atoms with E-state index < -0.39 is 12.0 Å². The molecule has 7 nitrogen and oxygen atoms in total. The van der Waals surface area contributed by atoms with Gasteiger partial charge in [0.05, 0.1) is 25.3 Å².